The maximum absolute atomic E-state index is 14.3. The van der Waals surface area contributed by atoms with Gasteiger partial charge in [-0.05, 0) is 53.9 Å². The first kappa shape index (κ1) is 26.7. The van der Waals surface area contributed by atoms with Crippen molar-refractivity contribution in [1.82, 2.24) is 9.55 Å². The van der Waals surface area contributed by atoms with Crippen molar-refractivity contribution in [3.8, 4) is 0 Å². The van der Waals surface area contributed by atoms with E-state index < -0.39 is 53.1 Å². The van der Waals surface area contributed by atoms with Gasteiger partial charge in [0.25, 0.3) is 5.91 Å². The molecular weight excluding hydrogens is 516 g/mol. The first-order chi connectivity index (χ1) is 17.8. The Morgan fingerprint density at radius 2 is 1.68 bits per heavy atom. The standard InChI is InChI=1S/C26H19F6N3O3/c1-2-16-17(24(37)38)8-4-9-18(16)34-23(36)22-20(26(30,31)32)21-19(10-5-11-33-21)35(22)13-14-6-3-7-15(12-14)25(27,28)29/h3-12H,2,13H2,1H3,(H,34,36)(H,37,38). The zero-order valence-electron chi connectivity index (χ0n) is 19.6. The lowest BCUT2D eigenvalue weighted by Crippen LogP contribution is -2.23. The van der Waals surface area contributed by atoms with Gasteiger partial charge in [0.05, 0.1) is 16.6 Å². The average Bonchev–Trinajstić information content (AvgIpc) is 3.18. The number of amides is 1. The Hall–Kier alpha value is -4.35. The van der Waals surface area contributed by atoms with E-state index in [2.05, 4.69) is 10.3 Å². The van der Waals surface area contributed by atoms with Crippen LogP contribution < -0.4 is 5.32 Å². The quantitative estimate of drug-likeness (QED) is 0.271. The van der Waals surface area contributed by atoms with E-state index in [-0.39, 0.29) is 34.3 Å². The van der Waals surface area contributed by atoms with Crippen LogP contribution in [0.1, 0.15) is 50.0 Å². The van der Waals surface area contributed by atoms with Gasteiger partial charge in [-0.1, -0.05) is 25.1 Å². The van der Waals surface area contributed by atoms with Gasteiger partial charge in [0.1, 0.15) is 16.8 Å². The number of carbonyl (C=O) groups is 2. The second-order valence-electron chi connectivity index (χ2n) is 8.32. The van der Waals surface area contributed by atoms with Gasteiger partial charge >= 0.3 is 18.3 Å². The Kier molecular flexibility index (Phi) is 6.92. The molecule has 0 saturated carbocycles. The molecule has 0 aliphatic carbocycles. The van der Waals surface area contributed by atoms with Crippen molar-refractivity contribution in [3.63, 3.8) is 0 Å². The molecular formula is C26H19F6N3O3. The minimum Gasteiger partial charge on any atom is -0.478 e. The first-order valence-corrected chi connectivity index (χ1v) is 11.2. The molecule has 198 valence electrons. The van der Waals surface area contributed by atoms with E-state index in [9.17, 15) is 41.0 Å². The summed E-state index contributed by atoms with van der Waals surface area (Å²) >= 11 is 0. The molecule has 2 heterocycles. The number of carbonyl (C=O) groups excluding carboxylic acids is 1. The summed E-state index contributed by atoms with van der Waals surface area (Å²) in [4.78, 5) is 28.9. The predicted octanol–water partition coefficient (Wildman–Crippen LogP) is 6.64. The SMILES string of the molecule is CCc1c(NC(=O)c2c(C(F)(F)F)c3ncccc3n2Cc2cccc(C(F)(F)F)c2)cccc1C(=O)O. The number of aromatic nitrogens is 2. The smallest absolute Gasteiger partial charge is 0.420 e. The molecule has 0 aliphatic rings. The molecule has 0 fully saturated rings. The molecule has 2 aromatic heterocycles. The number of fused-ring (bicyclic) bond motifs is 1. The fourth-order valence-electron chi connectivity index (χ4n) is 4.34. The highest BCUT2D eigenvalue weighted by molar-refractivity contribution is 6.09. The number of pyridine rings is 1. The molecule has 0 atom stereocenters. The summed E-state index contributed by atoms with van der Waals surface area (Å²) in [6, 6.07) is 10.7. The van der Waals surface area contributed by atoms with Gasteiger partial charge in [-0.2, -0.15) is 26.3 Å². The molecule has 0 radical (unpaired) electrons. The van der Waals surface area contributed by atoms with E-state index in [0.717, 1.165) is 29.0 Å². The summed E-state index contributed by atoms with van der Waals surface area (Å²) in [6.07, 6.45) is -8.47. The summed E-state index contributed by atoms with van der Waals surface area (Å²) in [5, 5.41) is 11.8. The van der Waals surface area contributed by atoms with Crippen LogP contribution in [0.25, 0.3) is 11.0 Å². The molecule has 6 nitrogen and oxygen atoms in total. The number of alkyl halides is 6. The van der Waals surface area contributed by atoms with Crippen LogP contribution in [0.4, 0.5) is 32.0 Å². The van der Waals surface area contributed by atoms with E-state index in [1.165, 1.54) is 36.4 Å². The number of aromatic carboxylic acids is 1. The molecule has 0 spiro atoms. The third-order valence-corrected chi connectivity index (χ3v) is 5.92. The normalized spacial score (nSPS) is 12.1. The van der Waals surface area contributed by atoms with Crippen LogP contribution in [0, 0.1) is 0 Å². The van der Waals surface area contributed by atoms with E-state index >= 15 is 0 Å². The fraction of sp³-hybridized carbons (Fsp3) is 0.192. The number of hydrogen-bond acceptors (Lipinski definition) is 3. The largest absolute Gasteiger partial charge is 0.478 e. The Morgan fingerprint density at radius 3 is 2.32 bits per heavy atom. The highest BCUT2D eigenvalue weighted by atomic mass is 19.4. The Morgan fingerprint density at radius 1 is 0.974 bits per heavy atom. The number of rotatable bonds is 6. The second-order valence-corrected chi connectivity index (χ2v) is 8.32. The zero-order valence-corrected chi connectivity index (χ0v) is 19.6. The van der Waals surface area contributed by atoms with Crippen LogP contribution in [0.2, 0.25) is 0 Å². The topological polar surface area (TPSA) is 84.2 Å². The van der Waals surface area contributed by atoms with E-state index in [1.807, 2.05) is 0 Å². The minimum absolute atomic E-state index is 0.00507. The van der Waals surface area contributed by atoms with Crippen molar-refractivity contribution in [2.45, 2.75) is 32.2 Å². The number of carboxylic acid groups (broad SMARTS) is 1. The van der Waals surface area contributed by atoms with Crippen molar-refractivity contribution in [2.24, 2.45) is 0 Å². The van der Waals surface area contributed by atoms with Crippen molar-refractivity contribution in [3.05, 3.63) is 94.3 Å². The Balaban J connectivity index is 1.91. The van der Waals surface area contributed by atoms with Gasteiger partial charge in [-0.3, -0.25) is 9.78 Å². The van der Waals surface area contributed by atoms with Crippen LogP contribution in [-0.4, -0.2) is 26.5 Å². The molecule has 2 N–H and O–H groups in total. The molecule has 2 aromatic carbocycles. The van der Waals surface area contributed by atoms with Crippen molar-refractivity contribution < 1.29 is 41.0 Å². The third kappa shape index (κ3) is 5.06. The van der Waals surface area contributed by atoms with Gasteiger partial charge in [0.15, 0.2) is 0 Å². The number of halogens is 6. The Labute approximate surface area is 211 Å². The summed E-state index contributed by atoms with van der Waals surface area (Å²) < 4.78 is 83.7. The van der Waals surface area contributed by atoms with Crippen molar-refractivity contribution in [2.75, 3.05) is 5.32 Å². The minimum atomic E-state index is -5.05. The van der Waals surface area contributed by atoms with Gasteiger partial charge < -0.3 is 15.0 Å². The molecule has 12 heteroatoms. The maximum Gasteiger partial charge on any atom is 0.420 e. The van der Waals surface area contributed by atoms with Crippen molar-refractivity contribution in [1.29, 1.82) is 0 Å². The molecule has 0 unspecified atom stereocenters. The summed E-state index contributed by atoms with van der Waals surface area (Å²) in [5.74, 6) is -2.50. The van der Waals surface area contributed by atoms with Crippen LogP contribution >= 0.6 is 0 Å². The van der Waals surface area contributed by atoms with Gasteiger partial charge in [0, 0.05) is 18.4 Å². The van der Waals surface area contributed by atoms with E-state index in [0.29, 0.717) is 0 Å². The number of benzene rings is 2. The zero-order chi connectivity index (χ0) is 27.8. The van der Waals surface area contributed by atoms with Crippen LogP contribution in [0.15, 0.2) is 60.8 Å². The van der Waals surface area contributed by atoms with Crippen LogP contribution in [0.3, 0.4) is 0 Å². The molecule has 4 rings (SSSR count). The third-order valence-electron chi connectivity index (χ3n) is 5.92. The monoisotopic (exact) mass is 535 g/mol. The molecule has 1 amide bonds. The van der Waals surface area contributed by atoms with Gasteiger partial charge in [0.2, 0.25) is 0 Å². The van der Waals surface area contributed by atoms with Crippen molar-refractivity contribution >= 4 is 28.6 Å². The number of hydrogen-bond donors (Lipinski definition) is 2. The van der Waals surface area contributed by atoms with Crippen LogP contribution in [-0.2, 0) is 25.3 Å². The second kappa shape index (κ2) is 9.84. The number of nitrogens with zero attached hydrogens (tertiary/aromatic N) is 2. The highest BCUT2D eigenvalue weighted by Crippen LogP contribution is 2.40. The molecule has 38 heavy (non-hydrogen) atoms. The van der Waals surface area contributed by atoms with E-state index in [1.54, 1.807) is 6.92 Å². The predicted molar refractivity (Wildman–Crippen MR) is 126 cm³/mol. The lowest BCUT2D eigenvalue weighted by Gasteiger charge is -2.16. The number of anilines is 1. The Bertz CT molecular complexity index is 1540. The summed E-state index contributed by atoms with van der Waals surface area (Å²) in [6.45, 7) is 1.12. The highest BCUT2D eigenvalue weighted by Gasteiger charge is 2.42. The lowest BCUT2D eigenvalue weighted by molar-refractivity contribution is -0.138. The maximum atomic E-state index is 14.3. The van der Waals surface area contributed by atoms with Gasteiger partial charge in [-0.15, -0.1) is 0 Å². The lowest BCUT2D eigenvalue weighted by atomic mass is 10.0. The molecule has 0 bridgehead atoms. The van der Waals surface area contributed by atoms with Crippen LogP contribution in [0.5, 0.6) is 0 Å². The molecule has 0 aliphatic heterocycles. The average molecular weight is 535 g/mol. The first-order valence-electron chi connectivity index (χ1n) is 11.2. The molecule has 4 aromatic rings. The van der Waals surface area contributed by atoms with E-state index in [4.69, 9.17) is 0 Å². The van der Waals surface area contributed by atoms with Gasteiger partial charge in [-0.25, -0.2) is 4.79 Å². The summed E-state index contributed by atoms with van der Waals surface area (Å²) in [7, 11) is 0. The molecule has 0 saturated heterocycles. The fourth-order valence-corrected chi connectivity index (χ4v) is 4.34. The summed E-state index contributed by atoms with van der Waals surface area (Å²) in [5.41, 5.74) is -3.82. The number of nitrogens with one attached hydrogen (secondary N) is 1. The number of carboxylic acids is 1.